The van der Waals surface area contributed by atoms with Gasteiger partial charge in [-0.1, -0.05) is 14.3 Å². The Morgan fingerprint density at radius 2 is 1.85 bits per heavy atom. The molecule has 1 atom stereocenters. The van der Waals surface area contributed by atoms with Crippen molar-refractivity contribution < 1.29 is 4.74 Å². The highest BCUT2D eigenvalue weighted by Gasteiger charge is 2.31. The molecule has 0 amide bonds. The van der Waals surface area contributed by atoms with Crippen molar-refractivity contribution in [3.63, 3.8) is 0 Å². The Morgan fingerprint density at radius 1 is 0.978 bits per heavy atom. The molecule has 3 aromatic heterocycles. The molecular formula is C33H38BrN10OP. The molecule has 0 saturated carbocycles. The average Bonchev–Trinajstić information content (AvgIpc) is 3.51. The standard InChI is InChI=1S/C33H38BrN10OP/c1-42-19-21(17-38-42)23-15-27(29(45-2)16-28(23)44-14-13-43-12-6-5-7-22(43)20-44)40-33-37-18-24(34)32(41-33)39-26-9-8-25-30(31(26)46(3)4)36-11-10-35-25/h8-11,15-19,22H,5-7,12-14,20H2,1-4H3,(H2,37,39,40,41). The summed E-state index contributed by atoms with van der Waals surface area (Å²) in [4.78, 5) is 23.8. The van der Waals surface area contributed by atoms with Gasteiger partial charge in [-0.25, -0.2) is 4.98 Å². The van der Waals surface area contributed by atoms with E-state index in [1.54, 1.807) is 25.7 Å². The van der Waals surface area contributed by atoms with Gasteiger partial charge in [0.15, 0.2) is 0 Å². The smallest absolute Gasteiger partial charge is 0.229 e. The maximum atomic E-state index is 5.97. The largest absolute Gasteiger partial charge is 0.494 e. The summed E-state index contributed by atoms with van der Waals surface area (Å²) in [6, 6.07) is 8.90. The van der Waals surface area contributed by atoms with Crippen molar-refractivity contribution in [2.75, 3.05) is 62.2 Å². The van der Waals surface area contributed by atoms with Crippen LogP contribution in [0.1, 0.15) is 19.3 Å². The lowest BCUT2D eigenvalue weighted by molar-refractivity contribution is 0.133. The lowest BCUT2D eigenvalue weighted by atomic mass is 9.97. The number of hydrogen-bond donors (Lipinski definition) is 2. The van der Waals surface area contributed by atoms with E-state index >= 15 is 0 Å². The van der Waals surface area contributed by atoms with E-state index in [4.69, 9.17) is 9.72 Å². The summed E-state index contributed by atoms with van der Waals surface area (Å²) in [5, 5.41) is 12.6. The Hall–Kier alpha value is -3.86. The van der Waals surface area contributed by atoms with E-state index in [0.29, 0.717) is 17.8 Å². The number of rotatable bonds is 8. The van der Waals surface area contributed by atoms with E-state index in [0.717, 1.165) is 74.4 Å². The van der Waals surface area contributed by atoms with Crippen molar-refractivity contribution in [1.82, 2.24) is 34.6 Å². The zero-order valence-corrected chi connectivity index (χ0v) is 29.0. The number of benzene rings is 2. The zero-order chi connectivity index (χ0) is 31.8. The van der Waals surface area contributed by atoms with Crippen LogP contribution in [-0.4, -0.2) is 87.3 Å². The van der Waals surface area contributed by atoms with Crippen molar-refractivity contribution in [3.05, 3.63) is 59.7 Å². The molecule has 5 aromatic rings. The van der Waals surface area contributed by atoms with Crippen LogP contribution in [0.3, 0.4) is 0 Å². The Bertz CT molecular complexity index is 1880. The van der Waals surface area contributed by atoms with Gasteiger partial charge in [-0.15, -0.1) is 0 Å². The molecular weight excluding hydrogens is 663 g/mol. The molecule has 0 bridgehead atoms. The molecule has 1 unspecified atom stereocenters. The Labute approximate surface area is 278 Å². The number of fused-ring (bicyclic) bond motifs is 2. The van der Waals surface area contributed by atoms with Crippen LogP contribution in [0.15, 0.2) is 59.7 Å². The fourth-order valence-corrected chi connectivity index (χ4v) is 8.10. The second-order valence-corrected chi connectivity index (χ2v) is 15.1. The minimum atomic E-state index is -0.483. The van der Waals surface area contributed by atoms with Gasteiger partial charge >= 0.3 is 0 Å². The van der Waals surface area contributed by atoms with Gasteiger partial charge in [0.1, 0.15) is 11.6 Å². The van der Waals surface area contributed by atoms with Gasteiger partial charge in [0, 0.05) is 91.4 Å². The number of halogens is 1. The second-order valence-electron chi connectivity index (χ2n) is 12.0. The number of piperazine rings is 1. The molecule has 46 heavy (non-hydrogen) atoms. The van der Waals surface area contributed by atoms with Crippen LogP contribution < -0.4 is 25.6 Å². The van der Waals surface area contributed by atoms with E-state index < -0.39 is 7.92 Å². The first-order chi connectivity index (χ1) is 22.4. The van der Waals surface area contributed by atoms with Crippen LogP contribution >= 0.6 is 23.9 Å². The van der Waals surface area contributed by atoms with Crippen LogP contribution in [0.5, 0.6) is 5.75 Å². The molecule has 2 aliphatic heterocycles. The molecule has 11 nitrogen and oxygen atoms in total. The van der Waals surface area contributed by atoms with Crippen molar-refractivity contribution in [2.45, 2.75) is 25.3 Å². The van der Waals surface area contributed by atoms with Gasteiger partial charge in [0.25, 0.3) is 0 Å². The second kappa shape index (κ2) is 13.1. The number of anilines is 5. The molecule has 0 radical (unpaired) electrons. The van der Waals surface area contributed by atoms with Gasteiger partial charge in [-0.2, -0.15) is 10.1 Å². The molecule has 0 aliphatic carbocycles. The van der Waals surface area contributed by atoms with Gasteiger partial charge in [-0.05, 0) is 66.8 Å². The zero-order valence-electron chi connectivity index (χ0n) is 26.5. The van der Waals surface area contributed by atoms with Crippen molar-refractivity contribution in [2.24, 2.45) is 7.05 Å². The van der Waals surface area contributed by atoms with Crippen LogP contribution in [0.2, 0.25) is 0 Å². The number of ether oxygens (including phenoxy) is 1. The van der Waals surface area contributed by atoms with Gasteiger partial charge in [0.2, 0.25) is 5.95 Å². The highest BCUT2D eigenvalue weighted by atomic mass is 79.9. The lowest BCUT2D eigenvalue weighted by Crippen LogP contribution is -2.55. The number of piperidine rings is 1. The summed E-state index contributed by atoms with van der Waals surface area (Å²) >= 11 is 3.65. The Kier molecular flexibility index (Phi) is 8.76. The Morgan fingerprint density at radius 3 is 2.65 bits per heavy atom. The highest BCUT2D eigenvalue weighted by molar-refractivity contribution is 9.10. The summed E-state index contributed by atoms with van der Waals surface area (Å²) in [5.41, 5.74) is 6.82. The molecule has 2 aromatic carbocycles. The summed E-state index contributed by atoms with van der Waals surface area (Å²) < 4.78 is 8.57. The van der Waals surface area contributed by atoms with Gasteiger partial charge in [-0.3, -0.25) is 19.5 Å². The maximum absolute atomic E-state index is 5.97. The number of aryl methyl sites for hydroxylation is 1. The fourth-order valence-electron chi connectivity index (χ4n) is 6.60. The first-order valence-corrected chi connectivity index (χ1v) is 18.6. The predicted octanol–water partition coefficient (Wildman–Crippen LogP) is 6.12. The van der Waals surface area contributed by atoms with Gasteiger partial charge in [0.05, 0.1) is 34.5 Å². The molecule has 238 valence electrons. The molecule has 2 aliphatic rings. The number of nitrogens with zero attached hydrogens (tertiary/aromatic N) is 8. The first-order valence-electron chi connectivity index (χ1n) is 15.6. The van der Waals surface area contributed by atoms with Gasteiger partial charge < -0.3 is 20.3 Å². The third-order valence-electron chi connectivity index (χ3n) is 8.82. The molecule has 2 fully saturated rings. The summed E-state index contributed by atoms with van der Waals surface area (Å²) in [7, 11) is 3.18. The monoisotopic (exact) mass is 700 g/mol. The maximum Gasteiger partial charge on any atom is 0.229 e. The number of aromatic nitrogens is 6. The quantitative estimate of drug-likeness (QED) is 0.184. The van der Waals surface area contributed by atoms with Crippen molar-refractivity contribution in [3.8, 4) is 16.9 Å². The van der Waals surface area contributed by atoms with Crippen LogP contribution in [0.25, 0.3) is 22.2 Å². The number of hydrogen-bond acceptors (Lipinski definition) is 10. The topological polar surface area (TPSA) is 109 Å². The van der Waals surface area contributed by atoms with E-state index in [2.05, 4.69) is 88.1 Å². The average molecular weight is 702 g/mol. The van der Waals surface area contributed by atoms with E-state index in [1.807, 2.05) is 30.1 Å². The third kappa shape index (κ3) is 6.13. The molecule has 0 spiro atoms. The minimum Gasteiger partial charge on any atom is -0.494 e. The predicted molar refractivity (Wildman–Crippen MR) is 191 cm³/mol. The third-order valence-corrected chi connectivity index (χ3v) is 10.7. The summed E-state index contributed by atoms with van der Waals surface area (Å²) in [6.07, 6.45) is 13.1. The number of methoxy groups -OCH3 is 1. The molecule has 2 saturated heterocycles. The first kappa shape index (κ1) is 30.8. The van der Waals surface area contributed by atoms with Crippen LogP contribution in [-0.2, 0) is 7.05 Å². The molecule has 13 heteroatoms. The molecule has 2 N–H and O–H groups in total. The molecule has 5 heterocycles. The van der Waals surface area contributed by atoms with Crippen molar-refractivity contribution in [1.29, 1.82) is 0 Å². The van der Waals surface area contributed by atoms with E-state index in [1.165, 1.54) is 25.8 Å². The van der Waals surface area contributed by atoms with Crippen LogP contribution in [0, 0.1) is 0 Å². The van der Waals surface area contributed by atoms with Crippen LogP contribution in [0.4, 0.5) is 28.8 Å². The highest BCUT2D eigenvalue weighted by Crippen LogP contribution is 2.42. The lowest BCUT2D eigenvalue weighted by Gasteiger charge is -2.45. The fraction of sp³-hybridized carbons (Fsp3) is 0.364. The normalized spacial score (nSPS) is 16.9. The molecule has 7 rings (SSSR count). The summed E-state index contributed by atoms with van der Waals surface area (Å²) in [6.45, 7) is 8.70. The summed E-state index contributed by atoms with van der Waals surface area (Å²) in [5.74, 6) is 1.82. The number of nitrogens with one attached hydrogen (secondary N) is 2. The van der Waals surface area contributed by atoms with E-state index in [9.17, 15) is 0 Å². The minimum absolute atomic E-state index is 0.446. The SMILES string of the molecule is COc1cc(N2CCN3CCCCC3C2)c(-c2cnn(C)c2)cc1Nc1ncc(Br)c(Nc2ccc3nccnc3c2P(C)C)n1. The van der Waals surface area contributed by atoms with Crippen molar-refractivity contribution >= 4 is 69.0 Å². The Balaban J connectivity index is 1.23. The van der Waals surface area contributed by atoms with E-state index in [-0.39, 0.29) is 0 Å².